The highest BCUT2D eigenvalue weighted by Gasteiger charge is 2.52. The molecule has 2 N–H and O–H groups in total. The summed E-state index contributed by atoms with van der Waals surface area (Å²) in [5, 5.41) is 31.5. The molecule has 1 aromatic heterocycles. The first-order valence-electron chi connectivity index (χ1n) is 8.61. The van der Waals surface area contributed by atoms with Crippen molar-refractivity contribution in [1.29, 1.82) is 0 Å². The van der Waals surface area contributed by atoms with Crippen LogP contribution in [0, 0.1) is 17.0 Å². The van der Waals surface area contributed by atoms with Gasteiger partial charge in [0.1, 0.15) is 0 Å². The molecule has 0 radical (unpaired) electrons. The zero-order valence-corrected chi connectivity index (χ0v) is 16.0. The van der Waals surface area contributed by atoms with E-state index in [0.29, 0.717) is 5.56 Å². The van der Waals surface area contributed by atoms with Crippen LogP contribution in [0.3, 0.4) is 0 Å². The SMILES string of the molecule is Cc1ccc(-c2ccc(C3(c4ccc([N+](=O)[O-])cc4)OC(=O)C(O)=C3O)cc2)s1. The van der Waals surface area contributed by atoms with Crippen molar-refractivity contribution >= 4 is 23.0 Å². The molecule has 0 saturated carbocycles. The molecule has 0 amide bonds. The molecule has 0 fully saturated rings. The number of thiophene rings is 1. The van der Waals surface area contributed by atoms with Crippen LogP contribution < -0.4 is 0 Å². The number of ether oxygens (including phenoxy) is 1. The molecule has 4 rings (SSSR count). The Morgan fingerprint density at radius 1 is 0.966 bits per heavy atom. The third-order valence-electron chi connectivity index (χ3n) is 4.80. The summed E-state index contributed by atoms with van der Waals surface area (Å²) in [4.78, 5) is 24.6. The molecule has 0 aliphatic carbocycles. The standard InChI is InChI=1S/C21H15NO6S/c1-12-2-11-17(29-12)13-3-5-14(6-4-13)21(19(24)18(23)20(25)28-21)15-7-9-16(10-8-15)22(26)27/h2-11,23-24H,1H3. The van der Waals surface area contributed by atoms with E-state index in [-0.39, 0.29) is 11.3 Å². The Kier molecular flexibility index (Phi) is 4.35. The highest BCUT2D eigenvalue weighted by atomic mass is 32.1. The number of aliphatic hydroxyl groups excluding tert-OH is 2. The number of cyclic esters (lactones) is 1. The maximum atomic E-state index is 12.0. The lowest BCUT2D eigenvalue weighted by Gasteiger charge is -2.29. The van der Waals surface area contributed by atoms with Crippen LogP contribution >= 0.6 is 11.3 Å². The molecular formula is C21H15NO6S. The number of non-ortho nitro benzene ring substituents is 1. The highest BCUT2D eigenvalue weighted by Crippen LogP contribution is 2.45. The lowest BCUT2D eigenvalue weighted by Crippen LogP contribution is -2.31. The van der Waals surface area contributed by atoms with E-state index >= 15 is 0 Å². The molecule has 29 heavy (non-hydrogen) atoms. The van der Waals surface area contributed by atoms with Crippen LogP contribution in [0.1, 0.15) is 16.0 Å². The van der Waals surface area contributed by atoms with Crippen LogP contribution in [0.5, 0.6) is 0 Å². The van der Waals surface area contributed by atoms with Crippen LogP contribution in [0.4, 0.5) is 5.69 Å². The number of aliphatic hydroxyl groups is 2. The summed E-state index contributed by atoms with van der Waals surface area (Å²) >= 11 is 1.63. The number of hydrogen-bond acceptors (Lipinski definition) is 7. The zero-order valence-electron chi connectivity index (χ0n) is 15.2. The van der Waals surface area contributed by atoms with Crippen LogP contribution in [-0.4, -0.2) is 21.1 Å². The summed E-state index contributed by atoms with van der Waals surface area (Å²) in [5.74, 6) is -2.61. The number of nitro groups is 1. The molecule has 1 unspecified atom stereocenters. The first kappa shape index (κ1) is 18.7. The largest absolute Gasteiger partial charge is 0.504 e. The van der Waals surface area contributed by atoms with Crippen LogP contribution in [-0.2, 0) is 15.1 Å². The van der Waals surface area contributed by atoms with E-state index in [1.54, 1.807) is 23.5 Å². The van der Waals surface area contributed by atoms with Crippen molar-refractivity contribution in [3.05, 3.63) is 98.3 Å². The monoisotopic (exact) mass is 409 g/mol. The first-order chi connectivity index (χ1) is 13.8. The third kappa shape index (κ3) is 2.94. The van der Waals surface area contributed by atoms with Gasteiger partial charge >= 0.3 is 5.97 Å². The van der Waals surface area contributed by atoms with Gasteiger partial charge in [-0.1, -0.05) is 24.3 Å². The fourth-order valence-electron chi connectivity index (χ4n) is 3.33. The van der Waals surface area contributed by atoms with Gasteiger partial charge < -0.3 is 14.9 Å². The number of carbonyl (C=O) groups excluding carboxylic acids is 1. The summed E-state index contributed by atoms with van der Waals surface area (Å²) < 4.78 is 5.42. The molecule has 0 bridgehead atoms. The van der Waals surface area contributed by atoms with Crippen LogP contribution in [0.25, 0.3) is 10.4 Å². The van der Waals surface area contributed by atoms with Crippen molar-refractivity contribution in [2.75, 3.05) is 0 Å². The van der Waals surface area contributed by atoms with Crippen molar-refractivity contribution in [1.82, 2.24) is 0 Å². The quantitative estimate of drug-likeness (QED) is 0.365. The maximum absolute atomic E-state index is 12.0. The highest BCUT2D eigenvalue weighted by molar-refractivity contribution is 7.15. The Balaban J connectivity index is 1.84. The van der Waals surface area contributed by atoms with Gasteiger partial charge in [0.25, 0.3) is 5.69 Å². The van der Waals surface area contributed by atoms with E-state index in [1.807, 2.05) is 31.2 Å². The number of benzene rings is 2. The Hall–Kier alpha value is -3.65. The van der Waals surface area contributed by atoms with E-state index in [4.69, 9.17) is 4.74 Å². The molecule has 7 nitrogen and oxygen atoms in total. The molecule has 8 heteroatoms. The molecule has 1 aliphatic rings. The fourth-order valence-corrected chi connectivity index (χ4v) is 4.21. The number of esters is 1. The Labute approximate surface area is 169 Å². The van der Waals surface area contributed by atoms with E-state index in [1.165, 1.54) is 29.1 Å². The number of carbonyl (C=O) groups is 1. The third-order valence-corrected chi connectivity index (χ3v) is 5.85. The molecule has 1 aliphatic heterocycles. The second-order valence-corrected chi connectivity index (χ2v) is 7.85. The van der Waals surface area contributed by atoms with Crippen molar-refractivity contribution in [3.8, 4) is 10.4 Å². The smallest absolute Gasteiger partial charge is 0.378 e. The van der Waals surface area contributed by atoms with E-state index < -0.39 is 28.0 Å². The summed E-state index contributed by atoms with van der Waals surface area (Å²) in [7, 11) is 0. The molecule has 0 saturated heterocycles. The van der Waals surface area contributed by atoms with Gasteiger partial charge in [-0.15, -0.1) is 11.3 Å². The number of aryl methyl sites for hydroxylation is 1. The summed E-state index contributed by atoms with van der Waals surface area (Å²) in [5.41, 5.74) is -0.303. The lowest BCUT2D eigenvalue weighted by atomic mass is 9.84. The van der Waals surface area contributed by atoms with E-state index in [9.17, 15) is 25.1 Å². The average molecular weight is 409 g/mol. The molecule has 3 aromatic rings. The molecule has 0 spiro atoms. The van der Waals surface area contributed by atoms with Crippen LogP contribution in [0.15, 0.2) is 72.2 Å². The molecule has 2 aromatic carbocycles. The fraction of sp³-hybridized carbons (Fsp3) is 0.0952. The summed E-state index contributed by atoms with van der Waals surface area (Å²) in [6, 6.07) is 16.3. The van der Waals surface area contributed by atoms with Crippen molar-refractivity contribution in [3.63, 3.8) is 0 Å². The molecule has 1 atom stereocenters. The second kappa shape index (κ2) is 6.75. The maximum Gasteiger partial charge on any atom is 0.378 e. The second-order valence-electron chi connectivity index (χ2n) is 6.56. The zero-order chi connectivity index (χ0) is 20.8. The number of rotatable bonds is 4. The topological polar surface area (TPSA) is 110 Å². The molecule has 146 valence electrons. The van der Waals surface area contributed by atoms with Gasteiger partial charge in [-0.25, -0.2) is 4.79 Å². The Morgan fingerprint density at radius 2 is 1.55 bits per heavy atom. The number of hydrogen-bond donors (Lipinski definition) is 2. The number of nitro benzene ring substituents is 1. The van der Waals surface area contributed by atoms with Crippen molar-refractivity contribution in [2.24, 2.45) is 0 Å². The molecular weight excluding hydrogens is 394 g/mol. The van der Waals surface area contributed by atoms with Crippen molar-refractivity contribution < 1.29 is 24.7 Å². The van der Waals surface area contributed by atoms with Crippen molar-refractivity contribution in [2.45, 2.75) is 12.5 Å². The number of nitrogens with zero attached hydrogens (tertiary/aromatic N) is 1. The first-order valence-corrected chi connectivity index (χ1v) is 9.43. The summed E-state index contributed by atoms with van der Waals surface area (Å²) in [6.07, 6.45) is 0. The van der Waals surface area contributed by atoms with E-state index in [2.05, 4.69) is 0 Å². The van der Waals surface area contributed by atoms with Gasteiger partial charge in [-0.3, -0.25) is 10.1 Å². The average Bonchev–Trinajstić information content (AvgIpc) is 3.26. The minimum absolute atomic E-state index is 0.149. The Morgan fingerprint density at radius 3 is 2.00 bits per heavy atom. The van der Waals surface area contributed by atoms with Gasteiger partial charge in [0.05, 0.1) is 4.92 Å². The lowest BCUT2D eigenvalue weighted by molar-refractivity contribution is -0.384. The van der Waals surface area contributed by atoms with Crippen LogP contribution in [0.2, 0.25) is 0 Å². The normalized spacial score (nSPS) is 18.7. The predicted octanol–water partition coefficient (Wildman–Crippen LogP) is 4.76. The minimum atomic E-state index is -1.78. The summed E-state index contributed by atoms with van der Waals surface area (Å²) in [6.45, 7) is 2.01. The van der Waals surface area contributed by atoms with Gasteiger partial charge in [-0.2, -0.15) is 0 Å². The van der Waals surface area contributed by atoms with Gasteiger partial charge in [0.2, 0.25) is 11.4 Å². The predicted molar refractivity (Wildman–Crippen MR) is 107 cm³/mol. The Bertz CT molecular complexity index is 1150. The van der Waals surface area contributed by atoms with Gasteiger partial charge in [-0.05, 0) is 36.8 Å². The minimum Gasteiger partial charge on any atom is -0.504 e. The van der Waals surface area contributed by atoms with E-state index in [0.717, 1.165) is 10.4 Å². The van der Waals surface area contributed by atoms with Gasteiger partial charge in [0.15, 0.2) is 5.76 Å². The molecule has 2 heterocycles. The van der Waals surface area contributed by atoms with Gasteiger partial charge in [0, 0.05) is 33.0 Å².